The summed E-state index contributed by atoms with van der Waals surface area (Å²) in [5.74, 6) is -0.770. The Kier molecular flexibility index (Phi) is 2.62. The molecule has 3 nitrogen and oxygen atoms in total. The number of rotatable bonds is 1. The standard InChI is InChI=1S/C16H9FN2O/c1-10-13-4-2-3-5-14(13)16(20)19(10)15-7-6-12(17)8-11(15)9-18/h2-8H,1H2. The van der Waals surface area contributed by atoms with Gasteiger partial charge in [-0.1, -0.05) is 24.8 Å². The second-order valence-electron chi connectivity index (χ2n) is 4.41. The number of hydrogen-bond donors (Lipinski definition) is 0. The smallest absolute Gasteiger partial charge is 0.263 e. The van der Waals surface area contributed by atoms with Crippen LogP contribution in [0, 0.1) is 17.1 Å². The summed E-state index contributed by atoms with van der Waals surface area (Å²) in [4.78, 5) is 13.8. The van der Waals surface area contributed by atoms with Crippen LogP contribution in [-0.4, -0.2) is 5.91 Å². The molecular formula is C16H9FN2O. The maximum Gasteiger partial charge on any atom is 0.263 e. The second kappa shape index (κ2) is 4.32. The zero-order valence-electron chi connectivity index (χ0n) is 10.4. The molecule has 0 spiro atoms. The van der Waals surface area contributed by atoms with E-state index in [0.717, 1.165) is 11.6 Å². The van der Waals surface area contributed by atoms with Crippen LogP contribution < -0.4 is 4.90 Å². The van der Waals surface area contributed by atoms with Crippen molar-refractivity contribution in [3.05, 3.63) is 71.6 Å². The molecule has 0 aliphatic carbocycles. The Hall–Kier alpha value is -2.93. The highest BCUT2D eigenvalue weighted by Crippen LogP contribution is 2.37. The molecule has 0 saturated heterocycles. The number of nitriles is 1. The first-order valence-corrected chi connectivity index (χ1v) is 5.96. The van der Waals surface area contributed by atoms with Gasteiger partial charge < -0.3 is 0 Å². The third-order valence-electron chi connectivity index (χ3n) is 3.26. The summed E-state index contributed by atoms with van der Waals surface area (Å²) in [6, 6.07) is 12.7. The van der Waals surface area contributed by atoms with E-state index in [0.29, 0.717) is 16.9 Å². The predicted molar refractivity (Wildman–Crippen MR) is 73.4 cm³/mol. The fourth-order valence-corrected chi connectivity index (χ4v) is 2.33. The lowest BCUT2D eigenvalue weighted by Crippen LogP contribution is -2.22. The maximum absolute atomic E-state index is 13.2. The summed E-state index contributed by atoms with van der Waals surface area (Å²) in [6.07, 6.45) is 0. The van der Waals surface area contributed by atoms with E-state index in [-0.39, 0.29) is 11.5 Å². The van der Waals surface area contributed by atoms with Gasteiger partial charge in [-0.2, -0.15) is 5.26 Å². The molecule has 0 radical (unpaired) electrons. The molecule has 3 rings (SSSR count). The molecule has 1 aliphatic rings. The van der Waals surface area contributed by atoms with Crippen LogP contribution in [0.25, 0.3) is 5.70 Å². The largest absolute Gasteiger partial charge is 0.276 e. The Morgan fingerprint density at radius 3 is 2.50 bits per heavy atom. The predicted octanol–water partition coefficient (Wildman–Crippen LogP) is 3.33. The molecule has 2 aromatic rings. The molecule has 0 unspecified atom stereocenters. The lowest BCUT2D eigenvalue weighted by molar-refractivity contribution is 0.101. The van der Waals surface area contributed by atoms with Gasteiger partial charge in [-0.25, -0.2) is 4.39 Å². The van der Waals surface area contributed by atoms with Gasteiger partial charge in [0.1, 0.15) is 11.9 Å². The molecule has 0 atom stereocenters. The number of benzene rings is 2. The molecule has 20 heavy (non-hydrogen) atoms. The van der Waals surface area contributed by atoms with E-state index in [9.17, 15) is 9.18 Å². The van der Waals surface area contributed by atoms with Crippen molar-refractivity contribution < 1.29 is 9.18 Å². The number of hydrogen-bond acceptors (Lipinski definition) is 2. The quantitative estimate of drug-likeness (QED) is 0.793. The number of carbonyl (C=O) groups is 1. The minimum Gasteiger partial charge on any atom is -0.276 e. The average molecular weight is 264 g/mol. The summed E-state index contributed by atoms with van der Waals surface area (Å²) < 4.78 is 13.2. The first-order valence-electron chi connectivity index (χ1n) is 5.96. The van der Waals surface area contributed by atoms with Crippen LogP contribution in [0.4, 0.5) is 10.1 Å². The molecule has 2 aromatic carbocycles. The highest BCUT2D eigenvalue weighted by atomic mass is 19.1. The van der Waals surface area contributed by atoms with Gasteiger partial charge in [0.2, 0.25) is 0 Å². The number of fused-ring (bicyclic) bond motifs is 1. The number of carbonyl (C=O) groups excluding carboxylic acids is 1. The third-order valence-corrected chi connectivity index (χ3v) is 3.26. The van der Waals surface area contributed by atoms with E-state index in [2.05, 4.69) is 6.58 Å². The van der Waals surface area contributed by atoms with Crippen LogP contribution in [-0.2, 0) is 0 Å². The topological polar surface area (TPSA) is 44.1 Å². The van der Waals surface area contributed by atoms with Gasteiger partial charge in [0, 0.05) is 11.1 Å². The van der Waals surface area contributed by atoms with Gasteiger partial charge in [0.05, 0.1) is 16.9 Å². The van der Waals surface area contributed by atoms with Crippen molar-refractivity contribution in [3.8, 4) is 6.07 Å². The van der Waals surface area contributed by atoms with E-state index in [1.165, 1.54) is 17.0 Å². The van der Waals surface area contributed by atoms with Crippen molar-refractivity contribution in [2.24, 2.45) is 0 Å². The molecule has 0 N–H and O–H groups in total. The van der Waals surface area contributed by atoms with Crippen LogP contribution in [0.2, 0.25) is 0 Å². The summed E-state index contributed by atoms with van der Waals surface area (Å²) in [7, 11) is 0. The fraction of sp³-hybridized carbons (Fsp3) is 0. The SMILES string of the molecule is C=C1c2ccccc2C(=O)N1c1ccc(F)cc1C#N. The fourth-order valence-electron chi connectivity index (χ4n) is 2.33. The molecule has 1 heterocycles. The van der Waals surface area contributed by atoms with E-state index >= 15 is 0 Å². The summed E-state index contributed by atoms with van der Waals surface area (Å²) >= 11 is 0. The molecule has 1 aliphatic heterocycles. The molecule has 0 fully saturated rings. The zero-order chi connectivity index (χ0) is 14.3. The number of amides is 1. The molecule has 0 saturated carbocycles. The van der Waals surface area contributed by atoms with Crippen LogP contribution in [0.3, 0.4) is 0 Å². The van der Waals surface area contributed by atoms with Gasteiger partial charge in [-0.15, -0.1) is 0 Å². The molecule has 96 valence electrons. The second-order valence-corrected chi connectivity index (χ2v) is 4.41. The van der Waals surface area contributed by atoms with E-state index in [1.54, 1.807) is 18.2 Å². The van der Waals surface area contributed by atoms with Gasteiger partial charge in [-0.05, 0) is 24.3 Å². The number of halogens is 1. The Balaban J connectivity index is 2.17. The van der Waals surface area contributed by atoms with Crippen molar-refractivity contribution in [2.45, 2.75) is 0 Å². The highest BCUT2D eigenvalue weighted by Gasteiger charge is 2.33. The molecule has 0 bridgehead atoms. The Labute approximate surface area is 115 Å². The van der Waals surface area contributed by atoms with Crippen LogP contribution in [0.1, 0.15) is 21.5 Å². The third kappa shape index (κ3) is 1.61. The van der Waals surface area contributed by atoms with Crippen molar-refractivity contribution in [1.82, 2.24) is 0 Å². The Bertz CT molecular complexity index is 754. The van der Waals surface area contributed by atoms with E-state index in [4.69, 9.17) is 5.26 Å². The lowest BCUT2D eigenvalue weighted by atomic mass is 10.1. The molecule has 1 amide bonds. The molecular weight excluding hydrogens is 255 g/mol. The average Bonchev–Trinajstić information content (AvgIpc) is 2.72. The van der Waals surface area contributed by atoms with Gasteiger partial charge >= 0.3 is 0 Å². The first kappa shape index (κ1) is 12.1. The van der Waals surface area contributed by atoms with E-state index < -0.39 is 5.82 Å². The highest BCUT2D eigenvalue weighted by molar-refractivity contribution is 6.22. The minimum atomic E-state index is -0.514. The summed E-state index contributed by atoms with van der Waals surface area (Å²) in [5.41, 5.74) is 2.21. The molecule has 4 heteroatoms. The lowest BCUT2D eigenvalue weighted by Gasteiger charge is -2.18. The Morgan fingerprint density at radius 1 is 1.15 bits per heavy atom. The zero-order valence-corrected chi connectivity index (χ0v) is 10.4. The minimum absolute atomic E-state index is 0.104. The van der Waals surface area contributed by atoms with E-state index in [1.807, 2.05) is 12.1 Å². The summed E-state index contributed by atoms with van der Waals surface area (Å²) in [5, 5.41) is 9.11. The van der Waals surface area contributed by atoms with Crippen molar-refractivity contribution in [2.75, 3.05) is 4.90 Å². The van der Waals surface area contributed by atoms with Gasteiger partial charge in [-0.3, -0.25) is 9.69 Å². The van der Waals surface area contributed by atoms with Crippen molar-refractivity contribution >= 4 is 17.3 Å². The van der Waals surface area contributed by atoms with Crippen molar-refractivity contribution in [3.63, 3.8) is 0 Å². The van der Waals surface area contributed by atoms with Gasteiger partial charge in [0.15, 0.2) is 0 Å². The number of anilines is 1. The number of nitrogens with zero attached hydrogens (tertiary/aromatic N) is 2. The normalized spacial score (nSPS) is 13.3. The molecule has 0 aromatic heterocycles. The van der Waals surface area contributed by atoms with Crippen LogP contribution in [0.15, 0.2) is 49.0 Å². The Morgan fingerprint density at radius 2 is 1.85 bits per heavy atom. The first-order chi connectivity index (χ1) is 9.63. The van der Waals surface area contributed by atoms with Crippen LogP contribution >= 0.6 is 0 Å². The monoisotopic (exact) mass is 264 g/mol. The van der Waals surface area contributed by atoms with Crippen LogP contribution in [0.5, 0.6) is 0 Å². The van der Waals surface area contributed by atoms with Crippen molar-refractivity contribution in [1.29, 1.82) is 5.26 Å². The summed E-state index contributed by atoms with van der Waals surface area (Å²) in [6.45, 7) is 3.90. The maximum atomic E-state index is 13.2. The van der Waals surface area contributed by atoms with Gasteiger partial charge in [0.25, 0.3) is 5.91 Å².